The summed E-state index contributed by atoms with van der Waals surface area (Å²) in [7, 11) is 5.78. The first-order valence-corrected chi connectivity index (χ1v) is 12.0. The Bertz CT molecular complexity index is 1430. The van der Waals surface area contributed by atoms with Crippen molar-refractivity contribution in [3.8, 4) is 28.7 Å². The number of aromatic nitrogens is 1. The highest BCUT2D eigenvalue weighted by molar-refractivity contribution is 7.10. The molecule has 0 spiro atoms. The topological polar surface area (TPSA) is 115 Å². The van der Waals surface area contributed by atoms with Crippen molar-refractivity contribution < 1.29 is 38.0 Å². The lowest BCUT2D eigenvalue weighted by atomic mass is 9.89. The molecule has 0 aliphatic carbocycles. The second-order valence-electron chi connectivity index (χ2n) is 8.17. The number of benzene rings is 2. The number of nitrogens with zero attached hydrogens (tertiary/aromatic N) is 2. The van der Waals surface area contributed by atoms with Crippen LogP contribution in [0.15, 0.2) is 35.1 Å². The second kappa shape index (κ2) is 9.69. The molecule has 12 heteroatoms. The second-order valence-corrected chi connectivity index (χ2v) is 9.16. The van der Waals surface area contributed by atoms with Gasteiger partial charge in [0.1, 0.15) is 18.1 Å². The number of carbonyl (C=O) groups excluding carboxylic acids is 2. The van der Waals surface area contributed by atoms with E-state index in [1.54, 1.807) is 37.4 Å². The van der Waals surface area contributed by atoms with Crippen LogP contribution in [0.25, 0.3) is 0 Å². The van der Waals surface area contributed by atoms with Crippen molar-refractivity contribution in [2.45, 2.75) is 18.9 Å². The van der Waals surface area contributed by atoms with E-state index in [2.05, 4.69) is 0 Å². The molecule has 5 rings (SSSR count). The fraction of sp³-hybridized carbons (Fsp3) is 0.320. The maximum atomic E-state index is 13.7. The van der Waals surface area contributed by atoms with Gasteiger partial charge in [-0.15, -0.1) is 0 Å². The van der Waals surface area contributed by atoms with Crippen LogP contribution >= 0.6 is 11.3 Å². The number of methoxy groups -OCH3 is 4. The fourth-order valence-corrected chi connectivity index (χ4v) is 5.68. The van der Waals surface area contributed by atoms with Crippen LogP contribution in [-0.4, -0.2) is 51.7 Å². The van der Waals surface area contributed by atoms with Gasteiger partial charge in [0.05, 0.1) is 39.0 Å². The lowest BCUT2D eigenvalue weighted by molar-refractivity contribution is -0.141. The van der Waals surface area contributed by atoms with Crippen LogP contribution in [0, 0.1) is 0 Å². The molecular weight excluding hydrogens is 504 g/mol. The first kappa shape index (κ1) is 24.5. The van der Waals surface area contributed by atoms with Gasteiger partial charge in [0, 0.05) is 17.9 Å². The average molecular weight is 529 g/mol. The van der Waals surface area contributed by atoms with Gasteiger partial charge in [-0.2, -0.15) is 0 Å². The molecule has 2 aromatic carbocycles. The summed E-state index contributed by atoms with van der Waals surface area (Å²) in [5.74, 6) is 1.00. The smallest absolute Gasteiger partial charge is 0.325 e. The fourth-order valence-electron chi connectivity index (χ4n) is 4.59. The highest BCUT2D eigenvalue weighted by Crippen LogP contribution is 2.55. The molecule has 11 nitrogen and oxygen atoms in total. The average Bonchev–Trinajstić information content (AvgIpc) is 3.52. The van der Waals surface area contributed by atoms with Crippen molar-refractivity contribution in [2.75, 3.05) is 40.1 Å². The van der Waals surface area contributed by atoms with Gasteiger partial charge in [-0.05, 0) is 30.3 Å². The molecule has 0 N–H and O–H groups in total. The lowest BCUT2D eigenvalue weighted by Gasteiger charge is -2.33. The molecule has 0 radical (unpaired) electrons. The molecule has 1 amide bonds. The van der Waals surface area contributed by atoms with Gasteiger partial charge in [0.2, 0.25) is 24.2 Å². The molecule has 0 saturated heterocycles. The van der Waals surface area contributed by atoms with Crippen molar-refractivity contribution >= 4 is 34.7 Å². The van der Waals surface area contributed by atoms with E-state index >= 15 is 0 Å². The summed E-state index contributed by atoms with van der Waals surface area (Å²) < 4.78 is 33.7. The van der Waals surface area contributed by atoms with Crippen LogP contribution in [-0.2, 0) is 20.9 Å². The van der Waals surface area contributed by atoms with Gasteiger partial charge < -0.3 is 28.4 Å². The van der Waals surface area contributed by atoms with Gasteiger partial charge >= 0.3 is 10.8 Å². The van der Waals surface area contributed by atoms with E-state index < -0.39 is 16.8 Å². The zero-order chi connectivity index (χ0) is 26.3. The maximum Gasteiger partial charge on any atom is 0.325 e. The molecule has 0 saturated carbocycles. The van der Waals surface area contributed by atoms with Gasteiger partial charge in [0.15, 0.2) is 11.5 Å². The normalized spacial score (nSPS) is 15.8. The number of ether oxygens (including phenoxy) is 6. The van der Waals surface area contributed by atoms with Gasteiger partial charge in [-0.1, -0.05) is 11.3 Å². The minimum Gasteiger partial charge on any atom is -0.497 e. The lowest BCUT2D eigenvalue weighted by Crippen LogP contribution is -2.36. The summed E-state index contributed by atoms with van der Waals surface area (Å²) in [5.41, 5.74) is 1.12. The SMILES string of the molecule is COC(=O)Cn1c2c(sc1=O)C(c1cc(OC)c3c(c1OC)OCO3)CC(=O)N2c1ccc(OC)cc1. The molecule has 0 fully saturated rings. The Kier molecular flexibility index (Phi) is 6.42. The van der Waals surface area contributed by atoms with Crippen LogP contribution in [0.5, 0.6) is 28.7 Å². The summed E-state index contributed by atoms with van der Waals surface area (Å²) >= 11 is 0.959. The third-order valence-electron chi connectivity index (χ3n) is 6.29. The maximum absolute atomic E-state index is 13.7. The first-order chi connectivity index (χ1) is 17.9. The molecule has 1 aromatic heterocycles. The van der Waals surface area contributed by atoms with Crippen molar-refractivity contribution in [2.24, 2.45) is 0 Å². The number of fused-ring (bicyclic) bond motifs is 2. The summed E-state index contributed by atoms with van der Waals surface area (Å²) in [6.07, 6.45) is 0.0242. The van der Waals surface area contributed by atoms with Crippen LogP contribution in [0.1, 0.15) is 22.8 Å². The quantitative estimate of drug-likeness (QED) is 0.427. The summed E-state index contributed by atoms with van der Waals surface area (Å²) in [6, 6.07) is 8.60. The number of hydrogen-bond donors (Lipinski definition) is 0. The highest BCUT2D eigenvalue weighted by atomic mass is 32.1. The van der Waals surface area contributed by atoms with Crippen molar-refractivity contribution in [3.63, 3.8) is 0 Å². The number of amides is 1. The summed E-state index contributed by atoms with van der Waals surface area (Å²) in [6.45, 7) is -0.357. The minimum atomic E-state index is -0.616. The Morgan fingerprint density at radius 3 is 2.41 bits per heavy atom. The van der Waals surface area contributed by atoms with E-state index in [0.717, 1.165) is 11.3 Å². The van der Waals surface area contributed by atoms with Crippen molar-refractivity contribution in [3.05, 3.63) is 50.4 Å². The highest BCUT2D eigenvalue weighted by Gasteiger charge is 2.41. The predicted molar refractivity (Wildman–Crippen MR) is 133 cm³/mol. The molecule has 3 heterocycles. The Hall–Kier alpha value is -4.19. The van der Waals surface area contributed by atoms with E-state index in [1.165, 1.54) is 30.8 Å². The molecule has 1 atom stereocenters. The Balaban J connectivity index is 1.73. The van der Waals surface area contributed by atoms with Crippen LogP contribution in [0.2, 0.25) is 0 Å². The molecule has 2 aliphatic rings. The Morgan fingerprint density at radius 1 is 1.03 bits per heavy atom. The van der Waals surface area contributed by atoms with Crippen LogP contribution < -0.4 is 33.5 Å². The molecular formula is C25H24N2O9S. The number of anilines is 2. The van der Waals surface area contributed by atoms with Gasteiger partial charge in [-0.25, -0.2) is 0 Å². The third kappa shape index (κ3) is 4.02. The van der Waals surface area contributed by atoms with E-state index in [4.69, 9.17) is 28.4 Å². The van der Waals surface area contributed by atoms with E-state index in [9.17, 15) is 14.4 Å². The Labute approximate surface area is 215 Å². The van der Waals surface area contributed by atoms with E-state index in [-0.39, 0.29) is 25.7 Å². The molecule has 1 unspecified atom stereocenters. The van der Waals surface area contributed by atoms with Crippen molar-refractivity contribution in [1.29, 1.82) is 0 Å². The zero-order valence-electron chi connectivity index (χ0n) is 20.6. The number of rotatable bonds is 7. The van der Waals surface area contributed by atoms with Gasteiger partial charge in [-0.3, -0.25) is 23.9 Å². The van der Waals surface area contributed by atoms with E-state index in [1.807, 2.05) is 0 Å². The molecule has 37 heavy (non-hydrogen) atoms. The molecule has 194 valence electrons. The zero-order valence-corrected chi connectivity index (χ0v) is 21.4. The molecule has 3 aromatic rings. The number of thiazole rings is 1. The number of hydrogen-bond acceptors (Lipinski definition) is 10. The van der Waals surface area contributed by atoms with Crippen LogP contribution in [0.3, 0.4) is 0 Å². The van der Waals surface area contributed by atoms with Crippen LogP contribution in [0.4, 0.5) is 11.5 Å². The molecule has 0 bridgehead atoms. The number of carbonyl (C=O) groups is 2. The minimum absolute atomic E-state index is 0.00552. The van der Waals surface area contributed by atoms with Gasteiger partial charge in [0.25, 0.3) is 0 Å². The number of esters is 1. The van der Waals surface area contributed by atoms with E-state index in [0.29, 0.717) is 50.7 Å². The first-order valence-electron chi connectivity index (χ1n) is 11.2. The monoisotopic (exact) mass is 528 g/mol. The predicted octanol–water partition coefficient (Wildman–Crippen LogP) is 3.04. The molecule has 2 aliphatic heterocycles. The largest absolute Gasteiger partial charge is 0.497 e. The summed E-state index contributed by atoms with van der Waals surface area (Å²) in [4.78, 5) is 40.8. The third-order valence-corrected chi connectivity index (χ3v) is 7.37. The summed E-state index contributed by atoms with van der Waals surface area (Å²) in [5, 5.41) is 0. The Morgan fingerprint density at radius 2 is 1.76 bits per heavy atom. The van der Waals surface area contributed by atoms with Crippen molar-refractivity contribution in [1.82, 2.24) is 4.57 Å². The standard InChI is InChI=1S/C25H24N2O9S/c1-31-14-7-5-13(6-8-14)27-18(28)10-16(23-24(27)26(25(30)37-23)11-19(29)33-3)15-9-17(32-2)21-22(20(15)34-4)36-12-35-21/h5-9,16H,10-12H2,1-4H3.